The maximum absolute atomic E-state index is 11.6. The Morgan fingerprint density at radius 2 is 2.20 bits per heavy atom. The molecule has 1 aromatic heterocycles. The van der Waals surface area contributed by atoms with E-state index in [1.807, 2.05) is 0 Å². The van der Waals surface area contributed by atoms with E-state index in [0.717, 1.165) is 0 Å². The topological polar surface area (TPSA) is 104 Å². The monoisotopic (exact) mass is 313 g/mol. The number of sulfone groups is 1. The van der Waals surface area contributed by atoms with Crippen molar-refractivity contribution in [2.75, 3.05) is 17.2 Å². The number of nitrogen functional groups attached to an aromatic ring is 1. The molecule has 3 rings (SSSR count). The molecule has 7 nitrogen and oxygen atoms in total. The van der Waals surface area contributed by atoms with Gasteiger partial charge in [-0.25, -0.2) is 13.1 Å². The number of benzene rings is 1. The van der Waals surface area contributed by atoms with Crippen LogP contribution in [0.4, 0.5) is 5.69 Å². The van der Waals surface area contributed by atoms with Gasteiger partial charge in [-0.15, -0.1) is 5.10 Å². The molecule has 0 saturated carbocycles. The SMILES string of the molecule is Nc1cc(-c2nnnn2C2CCS(=O)(=O)C2)ccc1Cl. The molecule has 0 aliphatic carbocycles. The van der Waals surface area contributed by atoms with Gasteiger partial charge in [-0.3, -0.25) is 0 Å². The Hall–Kier alpha value is -1.67. The van der Waals surface area contributed by atoms with Crippen LogP contribution in [0.3, 0.4) is 0 Å². The molecular formula is C11H12ClN5O2S. The predicted molar refractivity (Wildman–Crippen MR) is 75.0 cm³/mol. The Bertz CT molecular complexity index is 758. The summed E-state index contributed by atoms with van der Waals surface area (Å²) in [6.45, 7) is 0. The molecule has 2 N–H and O–H groups in total. The molecule has 1 aliphatic heterocycles. The summed E-state index contributed by atoms with van der Waals surface area (Å²) in [7, 11) is -3.00. The van der Waals surface area contributed by atoms with Crippen molar-refractivity contribution >= 4 is 27.1 Å². The summed E-state index contributed by atoms with van der Waals surface area (Å²) in [6.07, 6.45) is 0.517. The van der Waals surface area contributed by atoms with Gasteiger partial charge in [0.15, 0.2) is 15.7 Å². The number of halogens is 1. The Kier molecular flexibility index (Phi) is 3.14. The van der Waals surface area contributed by atoms with Gasteiger partial charge in [0, 0.05) is 5.56 Å². The lowest BCUT2D eigenvalue weighted by Crippen LogP contribution is -2.14. The van der Waals surface area contributed by atoms with Crippen LogP contribution in [0.5, 0.6) is 0 Å². The van der Waals surface area contributed by atoms with Crippen molar-refractivity contribution in [3.05, 3.63) is 23.2 Å². The van der Waals surface area contributed by atoms with Crippen molar-refractivity contribution in [1.82, 2.24) is 20.2 Å². The van der Waals surface area contributed by atoms with E-state index in [1.54, 1.807) is 22.9 Å². The first kappa shape index (κ1) is 13.3. The van der Waals surface area contributed by atoms with Crippen molar-refractivity contribution in [2.45, 2.75) is 12.5 Å². The van der Waals surface area contributed by atoms with E-state index in [1.165, 1.54) is 0 Å². The largest absolute Gasteiger partial charge is 0.398 e. The molecule has 0 spiro atoms. The highest BCUT2D eigenvalue weighted by molar-refractivity contribution is 7.91. The van der Waals surface area contributed by atoms with Crippen molar-refractivity contribution in [1.29, 1.82) is 0 Å². The number of nitrogens with zero attached hydrogens (tertiary/aromatic N) is 4. The third-order valence-electron chi connectivity index (χ3n) is 3.30. The van der Waals surface area contributed by atoms with Crippen LogP contribution in [0.1, 0.15) is 12.5 Å². The van der Waals surface area contributed by atoms with Crippen molar-refractivity contribution in [3.63, 3.8) is 0 Å². The molecule has 2 heterocycles. The van der Waals surface area contributed by atoms with Gasteiger partial charge in [0.25, 0.3) is 0 Å². The lowest BCUT2D eigenvalue weighted by atomic mass is 10.1. The second-order valence-electron chi connectivity index (χ2n) is 4.74. The Labute approximate surface area is 120 Å². The van der Waals surface area contributed by atoms with E-state index in [4.69, 9.17) is 17.3 Å². The molecule has 20 heavy (non-hydrogen) atoms. The van der Waals surface area contributed by atoms with Gasteiger partial charge in [0.05, 0.1) is 28.3 Å². The minimum absolute atomic E-state index is 0.0636. The molecule has 0 bridgehead atoms. The van der Waals surface area contributed by atoms with Gasteiger partial charge in [0.1, 0.15) is 0 Å². The van der Waals surface area contributed by atoms with Gasteiger partial charge in [-0.1, -0.05) is 11.6 Å². The first-order valence-corrected chi connectivity index (χ1v) is 8.20. The quantitative estimate of drug-likeness (QED) is 0.827. The zero-order chi connectivity index (χ0) is 14.3. The van der Waals surface area contributed by atoms with Crippen LogP contribution in [0.25, 0.3) is 11.4 Å². The van der Waals surface area contributed by atoms with Gasteiger partial charge in [-0.2, -0.15) is 0 Å². The number of hydrogen-bond acceptors (Lipinski definition) is 6. The number of hydrogen-bond donors (Lipinski definition) is 1. The molecule has 1 saturated heterocycles. The van der Waals surface area contributed by atoms with Crippen LogP contribution in [0.2, 0.25) is 5.02 Å². The zero-order valence-electron chi connectivity index (χ0n) is 10.4. The standard InChI is InChI=1S/C11H12ClN5O2S/c12-9-2-1-7(5-10(9)13)11-14-15-16-17(11)8-3-4-20(18,19)6-8/h1-2,5,8H,3-4,6,13H2. The summed E-state index contributed by atoms with van der Waals surface area (Å²) in [6, 6.07) is 4.86. The average molecular weight is 314 g/mol. The number of tetrazole rings is 1. The summed E-state index contributed by atoms with van der Waals surface area (Å²) in [5.74, 6) is 0.726. The first-order chi connectivity index (χ1) is 9.46. The fraction of sp³-hybridized carbons (Fsp3) is 0.364. The van der Waals surface area contributed by atoms with Crippen LogP contribution >= 0.6 is 11.6 Å². The minimum atomic E-state index is -3.00. The lowest BCUT2D eigenvalue weighted by Gasteiger charge is -2.10. The molecule has 0 amide bonds. The summed E-state index contributed by atoms with van der Waals surface area (Å²) in [5.41, 5.74) is 6.91. The summed E-state index contributed by atoms with van der Waals surface area (Å²) in [5, 5.41) is 12.0. The highest BCUT2D eigenvalue weighted by atomic mass is 35.5. The lowest BCUT2D eigenvalue weighted by molar-refractivity contribution is 0.489. The predicted octanol–water partition coefficient (Wildman–Crippen LogP) is 0.935. The normalized spacial score (nSPS) is 21.1. The molecule has 1 unspecified atom stereocenters. The Morgan fingerprint density at radius 1 is 1.40 bits per heavy atom. The van der Waals surface area contributed by atoms with E-state index in [2.05, 4.69) is 15.5 Å². The molecule has 106 valence electrons. The minimum Gasteiger partial charge on any atom is -0.398 e. The van der Waals surface area contributed by atoms with Gasteiger partial charge < -0.3 is 5.73 Å². The van der Waals surface area contributed by atoms with Crippen LogP contribution in [0, 0.1) is 0 Å². The molecule has 0 radical (unpaired) electrons. The molecule has 1 aliphatic rings. The molecule has 9 heteroatoms. The van der Waals surface area contributed by atoms with Crippen molar-refractivity contribution < 1.29 is 8.42 Å². The second kappa shape index (κ2) is 4.71. The zero-order valence-corrected chi connectivity index (χ0v) is 12.0. The first-order valence-electron chi connectivity index (χ1n) is 6.00. The number of anilines is 1. The van der Waals surface area contributed by atoms with Crippen LogP contribution < -0.4 is 5.73 Å². The van der Waals surface area contributed by atoms with Crippen LogP contribution in [0.15, 0.2) is 18.2 Å². The average Bonchev–Trinajstić information content (AvgIpc) is 2.98. The van der Waals surface area contributed by atoms with Crippen molar-refractivity contribution in [2.24, 2.45) is 0 Å². The van der Waals surface area contributed by atoms with E-state index >= 15 is 0 Å². The van der Waals surface area contributed by atoms with Crippen LogP contribution in [-0.2, 0) is 9.84 Å². The van der Waals surface area contributed by atoms with Gasteiger partial charge in [0.2, 0.25) is 0 Å². The maximum Gasteiger partial charge on any atom is 0.182 e. The molecule has 1 fully saturated rings. The fourth-order valence-corrected chi connectivity index (χ4v) is 4.09. The summed E-state index contributed by atoms with van der Waals surface area (Å²) in [4.78, 5) is 0. The molecular weight excluding hydrogens is 302 g/mol. The van der Waals surface area contributed by atoms with E-state index in [-0.39, 0.29) is 17.5 Å². The third kappa shape index (κ3) is 2.36. The number of nitrogens with two attached hydrogens (primary N) is 1. The van der Waals surface area contributed by atoms with E-state index in [9.17, 15) is 8.42 Å². The molecule has 1 aromatic carbocycles. The Balaban J connectivity index is 2.00. The van der Waals surface area contributed by atoms with Gasteiger partial charge >= 0.3 is 0 Å². The fourth-order valence-electron chi connectivity index (χ4n) is 2.28. The smallest absolute Gasteiger partial charge is 0.182 e. The summed E-state index contributed by atoms with van der Waals surface area (Å²) >= 11 is 5.88. The molecule has 2 aromatic rings. The second-order valence-corrected chi connectivity index (χ2v) is 7.38. The maximum atomic E-state index is 11.6. The highest BCUT2D eigenvalue weighted by Gasteiger charge is 2.31. The third-order valence-corrected chi connectivity index (χ3v) is 5.40. The summed E-state index contributed by atoms with van der Waals surface area (Å²) < 4.78 is 24.7. The van der Waals surface area contributed by atoms with Crippen molar-refractivity contribution in [3.8, 4) is 11.4 Å². The van der Waals surface area contributed by atoms with E-state index < -0.39 is 9.84 Å². The number of rotatable bonds is 2. The van der Waals surface area contributed by atoms with Crippen LogP contribution in [-0.4, -0.2) is 40.1 Å². The Morgan fingerprint density at radius 3 is 2.85 bits per heavy atom. The van der Waals surface area contributed by atoms with Gasteiger partial charge in [-0.05, 0) is 35.0 Å². The highest BCUT2D eigenvalue weighted by Crippen LogP contribution is 2.29. The van der Waals surface area contributed by atoms with E-state index in [0.29, 0.717) is 28.5 Å². The molecule has 1 atom stereocenters. The number of aromatic nitrogens is 4.